The summed E-state index contributed by atoms with van der Waals surface area (Å²) in [6, 6.07) is 2.71. The molecule has 0 atom stereocenters. The van der Waals surface area contributed by atoms with Crippen LogP contribution < -0.4 is 9.47 Å². The summed E-state index contributed by atoms with van der Waals surface area (Å²) in [7, 11) is 3.06. The molecule has 1 rings (SSSR count). The molecule has 0 aliphatic carbocycles. The molecule has 22 heavy (non-hydrogen) atoms. The van der Waals surface area contributed by atoms with Crippen LogP contribution in [0.15, 0.2) is 12.1 Å². The van der Waals surface area contributed by atoms with Crippen LogP contribution in [0.25, 0.3) is 0 Å². The third-order valence-electron chi connectivity index (χ3n) is 2.73. The van der Waals surface area contributed by atoms with Crippen molar-refractivity contribution in [3.63, 3.8) is 0 Å². The zero-order chi connectivity index (χ0) is 16.4. The minimum Gasteiger partial charge on any atom is -0.487 e. The van der Waals surface area contributed by atoms with Crippen molar-refractivity contribution >= 4 is 12.0 Å². The third kappa shape index (κ3) is 5.30. The molecule has 1 aromatic carbocycles. The van der Waals surface area contributed by atoms with Crippen molar-refractivity contribution in [2.45, 2.75) is 6.42 Å². The molecule has 0 fully saturated rings. The Labute approximate surface area is 128 Å². The number of aldehydes is 1. The Morgan fingerprint density at radius 3 is 2.05 bits per heavy atom. The van der Waals surface area contributed by atoms with Gasteiger partial charge in [-0.05, 0) is 6.07 Å². The molecular weight excluding hydrogens is 294 g/mol. The van der Waals surface area contributed by atoms with Crippen molar-refractivity contribution < 1.29 is 28.7 Å². The van der Waals surface area contributed by atoms with Crippen molar-refractivity contribution in [3.05, 3.63) is 27.8 Å². The van der Waals surface area contributed by atoms with E-state index in [0.717, 1.165) is 0 Å². The highest BCUT2D eigenvalue weighted by molar-refractivity contribution is 5.63. The smallest absolute Gasteiger partial charge is 0.277 e. The van der Waals surface area contributed by atoms with E-state index >= 15 is 0 Å². The first-order valence-electron chi connectivity index (χ1n) is 6.62. The van der Waals surface area contributed by atoms with Crippen LogP contribution in [0, 0.1) is 10.1 Å². The van der Waals surface area contributed by atoms with E-state index in [1.165, 1.54) is 26.4 Å². The van der Waals surface area contributed by atoms with Gasteiger partial charge >= 0.3 is 0 Å². The van der Waals surface area contributed by atoms with E-state index in [4.69, 9.17) is 18.9 Å². The molecule has 0 saturated heterocycles. The minimum absolute atomic E-state index is 0.0741. The average Bonchev–Trinajstić information content (AvgIpc) is 2.49. The number of hydrogen-bond acceptors (Lipinski definition) is 7. The van der Waals surface area contributed by atoms with Crippen molar-refractivity contribution in [3.8, 4) is 11.5 Å². The molecule has 0 N–H and O–H groups in total. The van der Waals surface area contributed by atoms with E-state index in [1.54, 1.807) is 0 Å². The molecule has 1 aromatic rings. The first kappa shape index (κ1) is 17.9. The maximum absolute atomic E-state index is 11.1. The highest BCUT2D eigenvalue weighted by Gasteiger charge is 2.19. The third-order valence-corrected chi connectivity index (χ3v) is 2.73. The predicted octanol–water partition coefficient (Wildman–Crippen LogP) is 1.39. The Morgan fingerprint density at radius 1 is 1.05 bits per heavy atom. The molecule has 0 aliphatic heterocycles. The Balaban J connectivity index is 3.08. The second kappa shape index (κ2) is 9.69. The Hall–Kier alpha value is -2.19. The van der Waals surface area contributed by atoms with Gasteiger partial charge in [0, 0.05) is 26.2 Å². The largest absolute Gasteiger partial charge is 0.487 e. The second-order valence-corrected chi connectivity index (χ2v) is 4.24. The van der Waals surface area contributed by atoms with Gasteiger partial charge in [-0.2, -0.15) is 0 Å². The molecule has 0 radical (unpaired) electrons. The van der Waals surface area contributed by atoms with Crippen LogP contribution in [0.2, 0.25) is 0 Å². The average molecular weight is 313 g/mol. The summed E-state index contributed by atoms with van der Waals surface area (Å²) in [6.45, 7) is 1.18. The number of nitro benzene ring substituents is 1. The normalized spacial score (nSPS) is 10.3. The molecule has 8 heteroatoms. The van der Waals surface area contributed by atoms with Gasteiger partial charge in [-0.3, -0.25) is 10.1 Å². The lowest BCUT2D eigenvalue weighted by Crippen LogP contribution is -2.10. The van der Waals surface area contributed by atoms with Crippen molar-refractivity contribution in [2.24, 2.45) is 0 Å². The lowest BCUT2D eigenvalue weighted by atomic mass is 10.1. The second-order valence-electron chi connectivity index (χ2n) is 4.24. The molecule has 0 unspecified atom stereocenters. The van der Waals surface area contributed by atoms with E-state index in [2.05, 4.69) is 0 Å². The van der Waals surface area contributed by atoms with Gasteiger partial charge in [-0.25, -0.2) is 0 Å². The number of rotatable bonds is 11. The lowest BCUT2D eigenvalue weighted by molar-refractivity contribution is -0.385. The molecule has 8 nitrogen and oxygen atoms in total. The molecule has 0 spiro atoms. The number of nitrogens with zero attached hydrogens (tertiary/aromatic N) is 1. The minimum atomic E-state index is -0.555. The van der Waals surface area contributed by atoms with E-state index in [9.17, 15) is 14.9 Å². The first-order chi connectivity index (χ1) is 10.6. The number of methoxy groups -OCH3 is 2. The number of hydrogen-bond donors (Lipinski definition) is 0. The van der Waals surface area contributed by atoms with Gasteiger partial charge in [-0.1, -0.05) is 0 Å². The maximum Gasteiger partial charge on any atom is 0.277 e. The van der Waals surface area contributed by atoms with Gasteiger partial charge in [0.15, 0.2) is 11.5 Å². The lowest BCUT2D eigenvalue weighted by Gasteiger charge is -2.14. The van der Waals surface area contributed by atoms with Crippen LogP contribution in [-0.2, 0) is 20.7 Å². The fraction of sp³-hybridized carbons (Fsp3) is 0.500. The zero-order valence-electron chi connectivity index (χ0n) is 12.6. The number of carbonyl (C=O) groups is 1. The van der Waals surface area contributed by atoms with Crippen molar-refractivity contribution in [1.82, 2.24) is 0 Å². The topological polar surface area (TPSA) is 97.1 Å². The molecule has 0 amide bonds. The maximum atomic E-state index is 11.1. The van der Waals surface area contributed by atoms with Gasteiger partial charge < -0.3 is 23.7 Å². The summed E-state index contributed by atoms with van der Waals surface area (Å²) in [4.78, 5) is 21.2. The quantitative estimate of drug-likeness (QED) is 0.263. The van der Waals surface area contributed by atoms with Crippen molar-refractivity contribution in [2.75, 3.05) is 40.6 Å². The summed E-state index contributed by atoms with van der Waals surface area (Å²) >= 11 is 0. The number of benzene rings is 1. The SMILES string of the molecule is COCCOc1cc(CC=O)c([N+](=O)[O-])cc1OCCOC. The van der Waals surface area contributed by atoms with Crippen LogP contribution in [0.3, 0.4) is 0 Å². The number of nitro groups is 1. The number of carbonyl (C=O) groups excluding carboxylic acids is 1. The Morgan fingerprint density at radius 2 is 1.59 bits per heavy atom. The summed E-state index contributed by atoms with van der Waals surface area (Å²) in [5.41, 5.74) is 0.0881. The van der Waals surface area contributed by atoms with Gasteiger partial charge in [0.05, 0.1) is 24.2 Å². The molecule has 0 bridgehead atoms. The fourth-order valence-electron chi connectivity index (χ4n) is 1.71. The van der Waals surface area contributed by atoms with Crippen LogP contribution in [-0.4, -0.2) is 51.9 Å². The van der Waals surface area contributed by atoms with E-state index in [-0.39, 0.29) is 36.6 Å². The molecule has 0 aromatic heterocycles. The van der Waals surface area contributed by atoms with Crippen molar-refractivity contribution in [1.29, 1.82) is 0 Å². The standard InChI is InChI=1S/C14H19NO7/c1-19-5-7-21-13-9-11(3-4-16)12(15(17)18)10-14(13)22-8-6-20-2/h4,9-10H,3,5-8H2,1-2H3. The molecule has 0 heterocycles. The summed E-state index contributed by atoms with van der Waals surface area (Å²) in [5, 5.41) is 11.1. The summed E-state index contributed by atoms with van der Waals surface area (Å²) in [5.74, 6) is 0.560. The van der Waals surface area contributed by atoms with Gasteiger partial charge in [0.2, 0.25) is 0 Å². The molecular formula is C14H19NO7. The zero-order valence-corrected chi connectivity index (χ0v) is 12.6. The fourth-order valence-corrected chi connectivity index (χ4v) is 1.71. The van der Waals surface area contributed by atoms with Gasteiger partial charge in [0.1, 0.15) is 19.5 Å². The summed E-state index contributed by atoms with van der Waals surface area (Å²) < 4.78 is 20.7. The predicted molar refractivity (Wildman–Crippen MR) is 77.6 cm³/mol. The highest BCUT2D eigenvalue weighted by Crippen LogP contribution is 2.35. The summed E-state index contributed by atoms with van der Waals surface area (Å²) in [6.07, 6.45) is 0.530. The Bertz CT molecular complexity index is 504. The van der Waals surface area contributed by atoms with E-state index in [0.29, 0.717) is 25.2 Å². The van der Waals surface area contributed by atoms with Gasteiger partial charge in [0.25, 0.3) is 5.69 Å². The van der Waals surface area contributed by atoms with Crippen LogP contribution >= 0.6 is 0 Å². The Kier molecular flexibility index (Phi) is 7.87. The highest BCUT2D eigenvalue weighted by atomic mass is 16.6. The molecule has 0 aliphatic rings. The van der Waals surface area contributed by atoms with E-state index < -0.39 is 4.92 Å². The monoisotopic (exact) mass is 313 g/mol. The molecule has 0 saturated carbocycles. The van der Waals surface area contributed by atoms with E-state index in [1.807, 2.05) is 0 Å². The van der Waals surface area contributed by atoms with Crippen LogP contribution in [0.5, 0.6) is 11.5 Å². The molecule has 122 valence electrons. The number of ether oxygens (including phenoxy) is 4. The van der Waals surface area contributed by atoms with Crippen LogP contribution in [0.1, 0.15) is 5.56 Å². The van der Waals surface area contributed by atoms with Crippen LogP contribution in [0.4, 0.5) is 5.69 Å². The first-order valence-corrected chi connectivity index (χ1v) is 6.62. The van der Waals surface area contributed by atoms with Gasteiger partial charge in [-0.15, -0.1) is 0 Å².